The predicted molar refractivity (Wildman–Crippen MR) is 147 cm³/mol. The number of nitrogens with one attached hydrogen (secondary N) is 1. The zero-order valence-electron chi connectivity index (χ0n) is 21.7. The van der Waals surface area contributed by atoms with Crippen LogP contribution in [-0.4, -0.2) is 30.4 Å². The number of nitrogens with zero attached hydrogens (tertiary/aromatic N) is 1. The first-order chi connectivity index (χ1) is 19.2. The molecule has 1 aliphatic heterocycles. The van der Waals surface area contributed by atoms with E-state index in [1.165, 1.54) is 13.2 Å². The first-order valence-corrected chi connectivity index (χ1v) is 12.8. The minimum atomic E-state index is -4.58. The van der Waals surface area contributed by atoms with Crippen molar-refractivity contribution in [2.24, 2.45) is 0 Å². The lowest BCUT2D eigenvalue weighted by molar-refractivity contribution is -0.143. The Bertz CT molecular complexity index is 1520. The molecule has 204 valence electrons. The Morgan fingerprint density at radius 2 is 1.57 bits per heavy atom. The fourth-order valence-corrected chi connectivity index (χ4v) is 4.97. The maximum absolute atomic E-state index is 13.5. The van der Waals surface area contributed by atoms with E-state index < -0.39 is 23.8 Å². The highest BCUT2D eigenvalue weighted by Crippen LogP contribution is 2.34. The van der Waals surface area contributed by atoms with Gasteiger partial charge in [0.2, 0.25) is 0 Å². The lowest BCUT2D eigenvalue weighted by atomic mass is 9.96. The SMILES string of the molecule is COC(C(=O)N1CCc2cc(NC(=O)c3cc(C(F)(F)F)ccc3-c3ccccc3)ccc2C1)c1ccccc1. The van der Waals surface area contributed by atoms with Gasteiger partial charge in [-0.15, -0.1) is 0 Å². The molecule has 1 unspecified atom stereocenters. The molecule has 5 nitrogen and oxygen atoms in total. The number of amides is 2. The lowest BCUT2D eigenvalue weighted by Gasteiger charge is -2.31. The number of ether oxygens (including phenoxy) is 1. The Morgan fingerprint density at radius 1 is 0.875 bits per heavy atom. The molecule has 4 aromatic rings. The van der Waals surface area contributed by atoms with Crippen LogP contribution in [0.2, 0.25) is 0 Å². The van der Waals surface area contributed by atoms with Gasteiger partial charge in [0.05, 0.1) is 5.56 Å². The number of hydrogen-bond donors (Lipinski definition) is 1. The molecular formula is C32H27F3N2O3. The van der Waals surface area contributed by atoms with Gasteiger partial charge in [0, 0.05) is 31.5 Å². The molecule has 40 heavy (non-hydrogen) atoms. The molecule has 0 saturated heterocycles. The Morgan fingerprint density at radius 3 is 2.25 bits per heavy atom. The van der Waals surface area contributed by atoms with E-state index in [2.05, 4.69) is 5.32 Å². The number of methoxy groups -OCH3 is 1. The second-order valence-corrected chi connectivity index (χ2v) is 9.60. The second-order valence-electron chi connectivity index (χ2n) is 9.60. The maximum atomic E-state index is 13.5. The monoisotopic (exact) mass is 544 g/mol. The van der Waals surface area contributed by atoms with Crippen molar-refractivity contribution < 1.29 is 27.5 Å². The van der Waals surface area contributed by atoms with Crippen molar-refractivity contribution in [1.82, 2.24) is 4.90 Å². The third-order valence-electron chi connectivity index (χ3n) is 7.03. The molecule has 1 atom stereocenters. The minimum absolute atomic E-state index is 0.0676. The van der Waals surface area contributed by atoms with E-state index in [9.17, 15) is 22.8 Å². The van der Waals surface area contributed by atoms with Gasteiger partial charge in [-0.3, -0.25) is 9.59 Å². The summed E-state index contributed by atoms with van der Waals surface area (Å²) in [5, 5.41) is 2.77. The van der Waals surface area contributed by atoms with Gasteiger partial charge in [0.25, 0.3) is 11.8 Å². The Hall–Kier alpha value is -4.43. The molecule has 0 radical (unpaired) electrons. The van der Waals surface area contributed by atoms with Crippen molar-refractivity contribution in [1.29, 1.82) is 0 Å². The summed E-state index contributed by atoms with van der Waals surface area (Å²) >= 11 is 0. The van der Waals surface area contributed by atoms with Crippen LogP contribution in [0.1, 0.15) is 38.7 Å². The number of carbonyl (C=O) groups is 2. The van der Waals surface area contributed by atoms with Gasteiger partial charge >= 0.3 is 6.18 Å². The highest BCUT2D eigenvalue weighted by molar-refractivity contribution is 6.09. The third kappa shape index (κ3) is 5.77. The van der Waals surface area contributed by atoms with E-state index in [-0.39, 0.29) is 11.5 Å². The number of anilines is 1. The maximum Gasteiger partial charge on any atom is 0.416 e. The van der Waals surface area contributed by atoms with Gasteiger partial charge in [-0.25, -0.2) is 0 Å². The van der Waals surface area contributed by atoms with Crippen LogP contribution in [0.4, 0.5) is 18.9 Å². The smallest absolute Gasteiger partial charge is 0.367 e. The minimum Gasteiger partial charge on any atom is -0.367 e. The molecule has 0 bridgehead atoms. The topological polar surface area (TPSA) is 58.6 Å². The molecule has 0 aromatic heterocycles. The molecule has 8 heteroatoms. The number of hydrogen-bond acceptors (Lipinski definition) is 3. The molecule has 0 saturated carbocycles. The highest BCUT2D eigenvalue weighted by atomic mass is 19.4. The summed E-state index contributed by atoms with van der Waals surface area (Å²) < 4.78 is 45.9. The molecule has 1 heterocycles. The molecule has 1 aliphatic rings. The summed E-state index contributed by atoms with van der Waals surface area (Å²) in [6.45, 7) is 0.864. The van der Waals surface area contributed by atoms with Gasteiger partial charge < -0.3 is 15.0 Å². The van der Waals surface area contributed by atoms with Crippen molar-refractivity contribution in [2.75, 3.05) is 19.0 Å². The van der Waals surface area contributed by atoms with Gasteiger partial charge in [0.15, 0.2) is 6.10 Å². The molecule has 0 fully saturated rings. The molecule has 0 aliphatic carbocycles. The van der Waals surface area contributed by atoms with Gasteiger partial charge in [-0.05, 0) is 58.5 Å². The molecule has 1 N–H and O–H groups in total. The number of rotatable bonds is 6. The van der Waals surface area contributed by atoms with Crippen molar-refractivity contribution in [3.8, 4) is 11.1 Å². The molecule has 4 aromatic carbocycles. The zero-order valence-corrected chi connectivity index (χ0v) is 21.7. The van der Waals surface area contributed by atoms with E-state index in [0.717, 1.165) is 28.8 Å². The fourth-order valence-electron chi connectivity index (χ4n) is 4.97. The second kappa shape index (κ2) is 11.4. The quantitative estimate of drug-likeness (QED) is 0.287. The Labute approximate surface area is 230 Å². The molecule has 0 spiro atoms. The zero-order chi connectivity index (χ0) is 28.3. The first-order valence-electron chi connectivity index (χ1n) is 12.8. The van der Waals surface area contributed by atoms with E-state index in [4.69, 9.17) is 4.74 Å². The van der Waals surface area contributed by atoms with E-state index in [0.29, 0.717) is 36.3 Å². The van der Waals surface area contributed by atoms with Crippen LogP contribution in [0.5, 0.6) is 0 Å². The largest absolute Gasteiger partial charge is 0.416 e. The molecular weight excluding hydrogens is 517 g/mol. The van der Waals surface area contributed by atoms with E-state index in [1.807, 2.05) is 42.5 Å². The molecule has 5 rings (SSSR count). The number of fused-ring (bicyclic) bond motifs is 1. The normalized spacial score (nSPS) is 13.8. The van der Waals surface area contributed by atoms with Crippen LogP contribution in [0.25, 0.3) is 11.1 Å². The summed E-state index contributed by atoms with van der Waals surface area (Å²) in [7, 11) is 1.51. The average molecular weight is 545 g/mol. The number of halogens is 3. The van der Waals surface area contributed by atoms with Crippen molar-refractivity contribution in [3.05, 3.63) is 125 Å². The summed E-state index contributed by atoms with van der Waals surface area (Å²) in [6.07, 6.45) is -4.72. The lowest BCUT2D eigenvalue weighted by Crippen LogP contribution is -2.39. The van der Waals surface area contributed by atoms with E-state index in [1.54, 1.807) is 41.3 Å². The van der Waals surface area contributed by atoms with Crippen LogP contribution in [0, 0.1) is 0 Å². The Balaban J connectivity index is 1.36. The Kier molecular flexibility index (Phi) is 7.71. The van der Waals surface area contributed by atoms with Crippen LogP contribution < -0.4 is 5.32 Å². The summed E-state index contributed by atoms with van der Waals surface area (Å²) in [5.41, 5.74) is 3.24. The summed E-state index contributed by atoms with van der Waals surface area (Å²) in [4.78, 5) is 28.3. The average Bonchev–Trinajstić information content (AvgIpc) is 2.97. The molecule has 2 amide bonds. The summed E-state index contributed by atoms with van der Waals surface area (Å²) in [5.74, 6) is -0.766. The van der Waals surface area contributed by atoms with Crippen molar-refractivity contribution in [3.63, 3.8) is 0 Å². The van der Waals surface area contributed by atoms with E-state index >= 15 is 0 Å². The van der Waals surface area contributed by atoms with Crippen LogP contribution in [-0.2, 0) is 28.7 Å². The first kappa shape index (κ1) is 27.1. The van der Waals surface area contributed by atoms with Crippen LogP contribution in [0.3, 0.4) is 0 Å². The van der Waals surface area contributed by atoms with Gasteiger partial charge in [-0.2, -0.15) is 13.2 Å². The van der Waals surface area contributed by atoms with Crippen LogP contribution >= 0.6 is 0 Å². The summed E-state index contributed by atoms with van der Waals surface area (Å²) in [6, 6.07) is 26.7. The van der Waals surface area contributed by atoms with Crippen molar-refractivity contribution >= 4 is 17.5 Å². The fraction of sp³-hybridized carbons (Fsp3) is 0.188. The number of benzene rings is 4. The van der Waals surface area contributed by atoms with Crippen LogP contribution in [0.15, 0.2) is 97.1 Å². The number of alkyl halides is 3. The standard InChI is InChI=1S/C32H27F3N2O3/c1-40-29(22-10-6-3-7-11-22)31(39)37-17-16-23-18-26(14-12-24(23)20-37)36-30(38)28-19-25(32(33,34)35)13-15-27(28)21-8-4-2-5-9-21/h2-15,18-19,29H,16-17,20H2,1H3,(H,36,38). The number of carbonyl (C=O) groups excluding carboxylic acids is 2. The van der Waals surface area contributed by atoms with Gasteiger partial charge in [-0.1, -0.05) is 72.8 Å². The highest BCUT2D eigenvalue weighted by Gasteiger charge is 2.32. The van der Waals surface area contributed by atoms with Gasteiger partial charge in [0.1, 0.15) is 0 Å². The predicted octanol–water partition coefficient (Wildman–Crippen LogP) is 6.90. The van der Waals surface area contributed by atoms with Crippen molar-refractivity contribution in [2.45, 2.75) is 25.2 Å². The third-order valence-corrected chi connectivity index (χ3v) is 7.03.